The molecular formula is C33H32F2O2. The van der Waals surface area contributed by atoms with Crippen LogP contribution in [0.4, 0.5) is 8.78 Å². The molecule has 4 aromatic carbocycles. The Morgan fingerprint density at radius 2 is 1.57 bits per heavy atom. The summed E-state index contributed by atoms with van der Waals surface area (Å²) in [6.07, 6.45) is 9.49. The van der Waals surface area contributed by atoms with Crippen molar-refractivity contribution in [3.8, 4) is 28.0 Å². The number of fused-ring (bicyclic) bond motifs is 1. The van der Waals surface area contributed by atoms with Gasteiger partial charge in [0.25, 0.3) is 0 Å². The fourth-order valence-electron chi connectivity index (χ4n) is 4.75. The van der Waals surface area contributed by atoms with Gasteiger partial charge < -0.3 is 4.74 Å². The first-order valence-electron chi connectivity index (χ1n) is 12.9. The third-order valence-electron chi connectivity index (χ3n) is 6.68. The molecule has 4 rings (SSSR count). The highest BCUT2D eigenvalue weighted by atomic mass is 19.1. The number of rotatable bonds is 12. The van der Waals surface area contributed by atoms with Crippen molar-refractivity contribution in [3.63, 3.8) is 0 Å². The van der Waals surface area contributed by atoms with Crippen LogP contribution in [0.15, 0.2) is 79.4 Å². The smallest absolute Gasteiger partial charge is 0.151 e. The number of hydrogen-bond donors (Lipinski definition) is 0. The SMILES string of the molecule is C=CCOc1ccc(-c2c(F)cc(-c3ccc4cc(CCCCCCC)ccc4c3C=O)cc2F)cc1. The summed E-state index contributed by atoms with van der Waals surface area (Å²) in [5.74, 6) is -0.789. The van der Waals surface area contributed by atoms with Gasteiger partial charge in [0.15, 0.2) is 6.29 Å². The van der Waals surface area contributed by atoms with E-state index in [9.17, 15) is 4.79 Å². The standard InChI is InChI=1S/C33H32F2O2/c1-3-5-6-7-8-9-23-10-16-28-25(19-23)13-17-29(30(28)22-36)26-20-31(34)33(32(35)21-26)24-11-14-27(15-12-24)37-18-4-2/h4,10-17,19-22H,2-3,5-9,18H2,1H3. The molecule has 0 spiro atoms. The lowest BCUT2D eigenvalue weighted by Crippen LogP contribution is -1.96. The van der Waals surface area contributed by atoms with Gasteiger partial charge in [-0.05, 0) is 70.1 Å². The highest BCUT2D eigenvalue weighted by molar-refractivity contribution is 6.04. The summed E-state index contributed by atoms with van der Waals surface area (Å²) in [7, 11) is 0. The first kappa shape index (κ1) is 26.3. The fraction of sp³-hybridized carbons (Fsp3) is 0.242. The predicted octanol–water partition coefficient (Wildman–Crippen LogP) is 9.34. The summed E-state index contributed by atoms with van der Waals surface area (Å²) in [6, 6.07) is 18.9. The van der Waals surface area contributed by atoms with Crippen molar-refractivity contribution in [2.45, 2.75) is 45.4 Å². The predicted molar refractivity (Wildman–Crippen MR) is 148 cm³/mol. The number of hydrogen-bond acceptors (Lipinski definition) is 2. The van der Waals surface area contributed by atoms with Crippen LogP contribution in [0.5, 0.6) is 5.75 Å². The fourth-order valence-corrected chi connectivity index (χ4v) is 4.75. The Balaban J connectivity index is 1.62. The van der Waals surface area contributed by atoms with Crippen LogP contribution < -0.4 is 4.74 Å². The molecule has 0 N–H and O–H groups in total. The summed E-state index contributed by atoms with van der Waals surface area (Å²) in [4.78, 5) is 12.1. The summed E-state index contributed by atoms with van der Waals surface area (Å²) in [6.45, 7) is 6.16. The van der Waals surface area contributed by atoms with Gasteiger partial charge in [0.2, 0.25) is 0 Å². The van der Waals surface area contributed by atoms with Crippen LogP contribution in [0.1, 0.15) is 54.9 Å². The molecule has 37 heavy (non-hydrogen) atoms. The summed E-state index contributed by atoms with van der Waals surface area (Å²) < 4.78 is 35.9. The van der Waals surface area contributed by atoms with E-state index < -0.39 is 11.6 Å². The van der Waals surface area contributed by atoms with Crippen molar-refractivity contribution < 1.29 is 18.3 Å². The molecule has 0 amide bonds. The van der Waals surface area contributed by atoms with Gasteiger partial charge >= 0.3 is 0 Å². The van der Waals surface area contributed by atoms with E-state index in [1.165, 1.54) is 43.4 Å². The highest BCUT2D eigenvalue weighted by Gasteiger charge is 2.17. The lowest BCUT2D eigenvalue weighted by molar-refractivity contribution is 0.112. The van der Waals surface area contributed by atoms with Gasteiger partial charge in [-0.15, -0.1) is 0 Å². The lowest BCUT2D eigenvalue weighted by Gasteiger charge is -2.13. The summed E-state index contributed by atoms with van der Waals surface area (Å²) >= 11 is 0. The van der Waals surface area contributed by atoms with Gasteiger partial charge in [0.05, 0.1) is 5.56 Å². The van der Waals surface area contributed by atoms with Gasteiger partial charge in [-0.25, -0.2) is 8.78 Å². The van der Waals surface area contributed by atoms with E-state index in [1.54, 1.807) is 36.4 Å². The van der Waals surface area contributed by atoms with Crippen LogP contribution in [0.2, 0.25) is 0 Å². The molecule has 2 nitrogen and oxygen atoms in total. The molecule has 4 aromatic rings. The second-order valence-corrected chi connectivity index (χ2v) is 9.30. The maximum atomic E-state index is 15.2. The summed E-state index contributed by atoms with van der Waals surface area (Å²) in [5, 5.41) is 1.73. The molecule has 0 heterocycles. The number of halogens is 2. The monoisotopic (exact) mass is 498 g/mol. The second-order valence-electron chi connectivity index (χ2n) is 9.30. The number of carbonyl (C=O) groups is 1. The molecule has 0 aliphatic carbocycles. The van der Waals surface area contributed by atoms with Gasteiger partial charge in [0.1, 0.15) is 24.0 Å². The van der Waals surface area contributed by atoms with E-state index in [0.29, 0.717) is 34.6 Å². The largest absolute Gasteiger partial charge is 0.490 e. The Hall–Kier alpha value is -3.79. The Labute approximate surface area is 217 Å². The van der Waals surface area contributed by atoms with Crippen molar-refractivity contribution in [2.75, 3.05) is 6.61 Å². The minimum Gasteiger partial charge on any atom is -0.490 e. The second kappa shape index (κ2) is 12.4. The molecule has 0 fully saturated rings. The Morgan fingerprint density at radius 1 is 0.838 bits per heavy atom. The number of benzene rings is 4. The number of carbonyl (C=O) groups excluding carboxylic acids is 1. The zero-order chi connectivity index (χ0) is 26.2. The highest BCUT2D eigenvalue weighted by Crippen LogP contribution is 2.35. The van der Waals surface area contributed by atoms with E-state index in [1.807, 2.05) is 18.2 Å². The quantitative estimate of drug-likeness (QED) is 0.110. The average molecular weight is 499 g/mol. The molecule has 0 aliphatic rings. The molecule has 0 atom stereocenters. The molecule has 4 heteroatoms. The molecule has 0 unspecified atom stereocenters. The first-order chi connectivity index (χ1) is 18.0. The van der Waals surface area contributed by atoms with Crippen molar-refractivity contribution in [1.82, 2.24) is 0 Å². The number of aryl methyl sites for hydroxylation is 1. The third kappa shape index (κ3) is 6.14. The zero-order valence-electron chi connectivity index (χ0n) is 21.2. The van der Waals surface area contributed by atoms with Crippen molar-refractivity contribution in [3.05, 3.63) is 102 Å². The molecule has 0 bridgehead atoms. The number of ether oxygens (including phenoxy) is 1. The van der Waals surface area contributed by atoms with Crippen LogP contribution in [0, 0.1) is 11.6 Å². The molecule has 0 aliphatic heterocycles. The molecule has 0 radical (unpaired) electrons. The van der Waals surface area contributed by atoms with Crippen LogP contribution in [-0.2, 0) is 6.42 Å². The number of unbranched alkanes of at least 4 members (excludes halogenated alkanes) is 4. The third-order valence-corrected chi connectivity index (χ3v) is 6.68. The van der Waals surface area contributed by atoms with Crippen LogP contribution in [-0.4, -0.2) is 12.9 Å². The first-order valence-corrected chi connectivity index (χ1v) is 12.9. The van der Waals surface area contributed by atoms with Crippen molar-refractivity contribution in [1.29, 1.82) is 0 Å². The molecule has 0 aromatic heterocycles. The Morgan fingerprint density at radius 3 is 2.24 bits per heavy atom. The van der Waals surface area contributed by atoms with E-state index in [-0.39, 0.29) is 5.56 Å². The van der Waals surface area contributed by atoms with Gasteiger partial charge in [-0.3, -0.25) is 4.79 Å². The van der Waals surface area contributed by atoms with Gasteiger partial charge in [0, 0.05) is 5.56 Å². The maximum absolute atomic E-state index is 15.2. The van der Waals surface area contributed by atoms with Crippen LogP contribution in [0.3, 0.4) is 0 Å². The minimum atomic E-state index is -0.690. The van der Waals surface area contributed by atoms with E-state index in [2.05, 4.69) is 19.6 Å². The average Bonchev–Trinajstić information content (AvgIpc) is 2.91. The molecule has 0 saturated carbocycles. The van der Waals surface area contributed by atoms with Crippen LogP contribution >= 0.6 is 0 Å². The number of aldehydes is 1. The van der Waals surface area contributed by atoms with E-state index >= 15 is 8.78 Å². The van der Waals surface area contributed by atoms with E-state index in [4.69, 9.17) is 4.74 Å². The van der Waals surface area contributed by atoms with E-state index in [0.717, 1.165) is 29.9 Å². The zero-order valence-corrected chi connectivity index (χ0v) is 21.2. The normalized spacial score (nSPS) is 11.0. The Bertz CT molecular complexity index is 1370. The summed E-state index contributed by atoms with van der Waals surface area (Å²) in [5.41, 5.74) is 2.79. The van der Waals surface area contributed by atoms with Crippen LogP contribution in [0.25, 0.3) is 33.0 Å². The van der Waals surface area contributed by atoms with Crippen molar-refractivity contribution in [2.24, 2.45) is 0 Å². The molecule has 0 saturated heterocycles. The van der Waals surface area contributed by atoms with Gasteiger partial charge in [-0.2, -0.15) is 0 Å². The van der Waals surface area contributed by atoms with Gasteiger partial charge in [-0.1, -0.05) is 87.7 Å². The Kier molecular flexibility index (Phi) is 8.84. The topological polar surface area (TPSA) is 26.3 Å². The molecular weight excluding hydrogens is 466 g/mol. The maximum Gasteiger partial charge on any atom is 0.151 e. The lowest BCUT2D eigenvalue weighted by atomic mass is 9.92. The van der Waals surface area contributed by atoms with Crippen molar-refractivity contribution >= 4 is 17.1 Å². The minimum absolute atomic E-state index is 0.115. The molecule has 190 valence electrons.